The molecule has 0 N–H and O–H groups in total. The van der Waals surface area contributed by atoms with Crippen molar-refractivity contribution in [1.82, 2.24) is 0 Å². The van der Waals surface area contributed by atoms with Gasteiger partial charge in [0.05, 0.1) is 0 Å². The van der Waals surface area contributed by atoms with Gasteiger partial charge in [-0.05, 0) is 6.42 Å². The quantitative estimate of drug-likeness (QED) is 0.533. The first-order chi connectivity index (χ1) is 4.36. The summed E-state index contributed by atoms with van der Waals surface area (Å²) in [6.45, 7) is 0. The van der Waals surface area contributed by atoms with Gasteiger partial charge < -0.3 is 0 Å². The Bertz CT molecular complexity index is 146. The molecule has 0 saturated carbocycles. The molecule has 2 bridgehead atoms. The molecule has 9 heavy (non-hydrogen) atoms. The van der Waals surface area contributed by atoms with Crippen LogP contribution in [0.4, 0.5) is 0 Å². The Hall–Kier alpha value is 0.370. The van der Waals surface area contributed by atoms with Crippen LogP contribution in [0.25, 0.3) is 0 Å². The number of carbonyl (C=O) groups is 1. The molecular formula is C6H8OS2. The number of rotatable bonds is 0. The highest BCUT2D eigenvalue weighted by Crippen LogP contribution is 2.40. The second kappa shape index (κ2) is 2.20. The Kier molecular flexibility index (Phi) is 1.49. The molecule has 0 spiro atoms. The molecule has 0 aromatic rings. The highest BCUT2D eigenvalue weighted by molar-refractivity contribution is 8.15. The van der Waals surface area contributed by atoms with Gasteiger partial charge in [0, 0.05) is 22.7 Å². The minimum Gasteiger partial charge on any atom is -0.287 e. The molecule has 2 aliphatic heterocycles. The number of fused-ring (bicyclic) bond motifs is 2. The first kappa shape index (κ1) is 6.10. The Morgan fingerprint density at radius 1 is 1.44 bits per heavy atom. The van der Waals surface area contributed by atoms with Crippen molar-refractivity contribution in [2.45, 2.75) is 11.7 Å². The molecule has 0 aliphatic carbocycles. The van der Waals surface area contributed by atoms with E-state index in [-0.39, 0.29) is 0 Å². The largest absolute Gasteiger partial charge is 0.287 e. The molecule has 0 unspecified atom stereocenters. The fourth-order valence-electron chi connectivity index (χ4n) is 1.28. The smallest absolute Gasteiger partial charge is 0.192 e. The van der Waals surface area contributed by atoms with Gasteiger partial charge >= 0.3 is 0 Å². The lowest BCUT2D eigenvalue weighted by molar-refractivity contribution is -0.114. The van der Waals surface area contributed by atoms with Crippen molar-refractivity contribution in [2.24, 2.45) is 5.92 Å². The third-order valence-corrected chi connectivity index (χ3v) is 4.65. The first-order valence-corrected chi connectivity index (χ1v) is 5.18. The van der Waals surface area contributed by atoms with E-state index in [2.05, 4.69) is 0 Å². The van der Waals surface area contributed by atoms with Gasteiger partial charge in [0.1, 0.15) is 0 Å². The van der Waals surface area contributed by atoms with Gasteiger partial charge in [-0.1, -0.05) is 11.8 Å². The molecule has 0 radical (unpaired) electrons. The maximum Gasteiger partial charge on any atom is 0.192 e. The second-order valence-corrected chi connectivity index (χ2v) is 4.88. The minimum atomic E-state index is 0.416. The van der Waals surface area contributed by atoms with E-state index in [4.69, 9.17) is 0 Å². The zero-order valence-electron chi connectivity index (χ0n) is 5.00. The van der Waals surface area contributed by atoms with Crippen molar-refractivity contribution in [1.29, 1.82) is 0 Å². The first-order valence-electron chi connectivity index (χ1n) is 3.14. The van der Waals surface area contributed by atoms with Crippen molar-refractivity contribution in [3.8, 4) is 0 Å². The van der Waals surface area contributed by atoms with Crippen molar-refractivity contribution in [3.63, 3.8) is 0 Å². The van der Waals surface area contributed by atoms with Gasteiger partial charge in [0.25, 0.3) is 0 Å². The minimum absolute atomic E-state index is 0.416. The Balaban J connectivity index is 2.14. The van der Waals surface area contributed by atoms with E-state index in [1.165, 1.54) is 11.8 Å². The Labute approximate surface area is 63.0 Å². The third-order valence-electron chi connectivity index (χ3n) is 1.83. The summed E-state index contributed by atoms with van der Waals surface area (Å²) >= 11 is 3.51. The van der Waals surface area contributed by atoms with Crippen molar-refractivity contribution in [3.05, 3.63) is 0 Å². The highest BCUT2D eigenvalue weighted by Gasteiger charge is 2.35. The van der Waals surface area contributed by atoms with Crippen LogP contribution < -0.4 is 0 Å². The van der Waals surface area contributed by atoms with Crippen LogP contribution in [0, 0.1) is 5.92 Å². The van der Waals surface area contributed by atoms with Crippen LogP contribution in [0.15, 0.2) is 0 Å². The molecule has 1 nitrogen and oxygen atoms in total. The average Bonchev–Trinajstić information content (AvgIpc) is 2.25. The number of hydrogen-bond donors (Lipinski definition) is 0. The lowest BCUT2D eigenvalue weighted by Gasteiger charge is -2.14. The molecule has 2 atom stereocenters. The van der Waals surface area contributed by atoms with Gasteiger partial charge in [-0.2, -0.15) is 11.8 Å². The SMILES string of the molecule is O=C1SC[C@@H]2C[C@H]1CS2. The van der Waals surface area contributed by atoms with E-state index < -0.39 is 0 Å². The zero-order chi connectivity index (χ0) is 6.27. The fraction of sp³-hybridized carbons (Fsp3) is 0.833. The molecule has 0 aromatic heterocycles. The molecule has 50 valence electrons. The molecule has 2 rings (SSSR count). The number of carbonyl (C=O) groups excluding carboxylic acids is 1. The number of thioether (sulfide) groups is 2. The van der Waals surface area contributed by atoms with Gasteiger partial charge in [0.15, 0.2) is 5.12 Å². The van der Waals surface area contributed by atoms with Crippen LogP contribution in [-0.4, -0.2) is 21.9 Å². The molecule has 3 heteroatoms. The standard InChI is InChI=1S/C6H8OS2/c7-6-4-1-5(3-9-6)8-2-4/h4-5H,1-3H2/t4-,5-/m0/s1. The van der Waals surface area contributed by atoms with Crippen molar-refractivity contribution in [2.75, 3.05) is 11.5 Å². The molecular weight excluding hydrogens is 152 g/mol. The Morgan fingerprint density at radius 3 is 3.11 bits per heavy atom. The molecule has 2 aliphatic rings. The normalized spacial score (nSPS) is 41.6. The van der Waals surface area contributed by atoms with Crippen molar-refractivity contribution >= 4 is 28.6 Å². The maximum absolute atomic E-state index is 11.0. The topological polar surface area (TPSA) is 17.1 Å². The van der Waals surface area contributed by atoms with Crippen molar-refractivity contribution < 1.29 is 4.79 Å². The lowest BCUT2D eigenvalue weighted by atomic mass is 10.1. The van der Waals surface area contributed by atoms with Crippen LogP contribution in [0.2, 0.25) is 0 Å². The monoisotopic (exact) mass is 160 g/mol. The molecule has 2 heterocycles. The third kappa shape index (κ3) is 1.01. The van der Waals surface area contributed by atoms with Crippen LogP contribution >= 0.6 is 23.5 Å². The summed E-state index contributed by atoms with van der Waals surface area (Å²) in [5, 5.41) is 1.24. The Morgan fingerprint density at radius 2 is 2.33 bits per heavy atom. The van der Waals surface area contributed by atoms with Gasteiger partial charge in [-0.25, -0.2) is 0 Å². The zero-order valence-corrected chi connectivity index (χ0v) is 6.63. The molecule has 0 aromatic carbocycles. The van der Waals surface area contributed by atoms with E-state index in [1.54, 1.807) is 0 Å². The van der Waals surface area contributed by atoms with Gasteiger partial charge in [0.2, 0.25) is 0 Å². The summed E-state index contributed by atoms with van der Waals surface area (Å²) in [7, 11) is 0. The molecule has 2 fully saturated rings. The highest BCUT2D eigenvalue weighted by atomic mass is 32.2. The number of hydrogen-bond acceptors (Lipinski definition) is 3. The van der Waals surface area contributed by atoms with Gasteiger partial charge in [-0.15, -0.1) is 0 Å². The van der Waals surface area contributed by atoms with E-state index >= 15 is 0 Å². The predicted octanol–water partition coefficient (Wildman–Crippen LogP) is 1.38. The van der Waals surface area contributed by atoms with Crippen LogP contribution in [0.5, 0.6) is 0 Å². The van der Waals surface area contributed by atoms with E-state index in [0.717, 1.165) is 23.2 Å². The average molecular weight is 160 g/mol. The summed E-state index contributed by atoms with van der Waals surface area (Å²) in [5.74, 6) is 2.58. The molecule has 2 saturated heterocycles. The summed E-state index contributed by atoms with van der Waals surface area (Å²) in [5.41, 5.74) is 0. The fourth-order valence-corrected chi connectivity index (χ4v) is 4.04. The summed E-state index contributed by atoms with van der Waals surface area (Å²) in [4.78, 5) is 11.0. The van der Waals surface area contributed by atoms with Crippen LogP contribution in [0.1, 0.15) is 6.42 Å². The summed E-state index contributed by atoms with van der Waals surface area (Å²) in [6, 6.07) is 0. The predicted molar refractivity (Wildman–Crippen MR) is 41.8 cm³/mol. The van der Waals surface area contributed by atoms with E-state index in [9.17, 15) is 4.79 Å². The summed E-state index contributed by atoms with van der Waals surface area (Å²) in [6.07, 6.45) is 1.16. The van der Waals surface area contributed by atoms with E-state index in [0.29, 0.717) is 11.0 Å². The maximum atomic E-state index is 11.0. The van der Waals surface area contributed by atoms with Crippen LogP contribution in [0.3, 0.4) is 0 Å². The lowest BCUT2D eigenvalue weighted by Crippen LogP contribution is -2.18. The molecule has 0 amide bonds. The van der Waals surface area contributed by atoms with E-state index in [1.807, 2.05) is 11.8 Å². The second-order valence-electron chi connectivity index (χ2n) is 2.52. The van der Waals surface area contributed by atoms with Gasteiger partial charge in [-0.3, -0.25) is 4.79 Å². The summed E-state index contributed by atoms with van der Waals surface area (Å²) < 4.78 is 0. The van der Waals surface area contributed by atoms with Crippen LogP contribution in [-0.2, 0) is 4.79 Å².